The molecule has 0 radical (unpaired) electrons. The number of hydrogen-bond donors (Lipinski definition) is 2. The Labute approximate surface area is 138 Å². The normalized spacial score (nSPS) is 12.8. The van der Waals surface area contributed by atoms with Gasteiger partial charge < -0.3 is 5.11 Å². The SMILES string of the molecule is Cc1nn(CC(C)C)c(C)c1S(=O)(=O)NC(C)(C)CCC(=O)O. The average molecular weight is 345 g/mol. The highest BCUT2D eigenvalue weighted by atomic mass is 32.2. The zero-order chi connectivity index (χ0) is 18.0. The number of aliphatic carboxylic acids is 1. The van der Waals surface area contributed by atoms with E-state index >= 15 is 0 Å². The third kappa shape index (κ3) is 5.31. The molecule has 0 amide bonds. The Kier molecular flexibility index (Phi) is 5.98. The third-order valence-corrected chi connectivity index (χ3v) is 5.45. The summed E-state index contributed by atoms with van der Waals surface area (Å²) in [7, 11) is -3.77. The fraction of sp³-hybridized carbons (Fsp3) is 0.733. The van der Waals surface area contributed by atoms with Crippen molar-refractivity contribution < 1.29 is 18.3 Å². The summed E-state index contributed by atoms with van der Waals surface area (Å²) < 4.78 is 29.8. The number of aryl methyl sites for hydroxylation is 1. The molecule has 0 bridgehead atoms. The molecule has 0 saturated heterocycles. The number of aromatic nitrogens is 2. The van der Waals surface area contributed by atoms with Gasteiger partial charge in [-0.2, -0.15) is 5.10 Å². The van der Waals surface area contributed by atoms with E-state index in [2.05, 4.69) is 9.82 Å². The lowest BCUT2D eigenvalue weighted by Crippen LogP contribution is -2.43. The molecular formula is C15H27N3O4S. The highest BCUT2D eigenvalue weighted by Gasteiger charge is 2.31. The van der Waals surface area contributed by atoms with Crippen molar-refractivity contribution in [2.24, 2.45) is 5.92 Å². The van der Waals surface area contributed by atoms with Crippen LogP contribution >= 0.6 is 0 Å². The van der Waals surface area contributed by atoms with Gasteiger partial charge in [0.1, 0.15) is 4.90 Å². The first-order valence-electron chi connectivity index (χ1n) is 7.65. The van der Waals surface area contributed by atoms with Crippen molar-refractivity contribution in [2.45, 2.75) is 71.4 Å². The maximum Gasteiger partial charge on any atom is 0.303 e. The topological polar surface area (TPSA) is 101 Å². The molecule has 132 valence electrons. The Morgan fingerprint density at radius 3 is 2.39 bits per heavy atom. The van der Waals surface area contributed by atoms with E-state index in [4.69, 9.17) is 5.11 Å². The van der Waals surface area contributed by atoms with Gasteiger partial charge in [0.25, 0.3) is 0 Å². The van der Waals surface area contributed by atoms with Crippen molar-refractivity contribution in [1.29, 1.82) is 0 Å². The van der Waals surface area contributed by atoms with Gasteiger partial charge in [0.2, 0.25) is 10.0 Å². The highest BCUT2D eigenvalue weighted by Crippen LogP contribution is 2.23. The number of nitrogens with zero attached hydrogens (tertiary/aromatic N) is 2. The van der Waals surface area contributed by atoms with Crippen molar-refractivity contribution in [2.75, 3.05) is 0 Å². The lowest BCUT2D eigenvalue weighted by molar-refractivity contribution is -0.137. The van der Waals surface area contributed by atoms with Crippen LogP contribution in [0.1, 0.15) is 51.9 Å². The summed E-state index contributed by atoms with van der Waals surface area (Å²) in [4.78, 5) is 10.9. The molecule has 8 heteroatoms. The number of hydrogen-bond acceptors (Lipinski definition) is 4. The minimum atomic E-state index is -3.77. The van der Waals surface area contributed by atoms with Crippen LogP contribution in [-0.4, -0.2) is 34.8 Å². The molecule has 0 unspecified atom stereocenters. The monoisotopic (exact) mass is 345 g/mol. The predicted molar refractivity (Wildman–Crippen MR) is 87.8 cm³/mol. The number of rotatable bonds is 8. The molecule has 0 aromatic carbocycles. The van der Waals surface area contributed by atoms with Gasteiger partial charge in [-0.3, -0.25) is 9.48 Å². The second-order valence-electron chi connectivity index (χ2n) is 6.96. The van der Waals surface area contributed by atoms with Gasteiger partial charge in [0.15, 0.2) is 0 Å². The number of carboxylic acids is 1. The van der Waals surface area contributed by atoms with E-state index in [0.29, 0.717) is 23.9 Å². The Hall–Kier alpha value is -1.41. The molecular weight excluding hydrogens is 318 g/mol. The van der Waals surface area contributed by atoms with Crippen LogP contribution in [0.4, 0.5) is 0 Å². The molecule has 0 fully saturated rings. The molecule has 0 aliphatic heterocycles. The van der Waals surface area contributed by atoms with Crippen LogP contribution < -0.4 is 4.72 Å². The summed E-state index contributed by atoms with van der Waals surface area (Å²) >= 11 is 0. The molecule has 0 aliphatic rings. The van der Waals surface area contributed by atoms with E-state index in [1.54, 1.807) is 32.4 Å². The number of carboxylic acid groups (broad SMARTS) is 1. The smallest absolute Gasteiger partial charge is 0.303 e. The van der Waals surface area contributed by atoms with Crippen molar-refractivity contribution in [3.63, 3.8) is 0 Å². The van der Waals surface area contributed by atoms with Crippen LogP contribution in [0.2, 0.25) is 0 Å². The quantitative estimate of drug-likeness (QED) is 0.751. The second kappa shape index (κ2) is 7.00. The van der Waals surface area contributed by atoms with Crippen molar-refractivity contribution >= 4 is 16.0 Å². The molecule has 2 N–H and O–H groups in total. The predicted octanol–water partition coefficient (Wildman–Crippen LogP) is 2.08. The summed E-state index contributed by atoms with van der Waals surface area (Å²) in [5.41, 5.74) is 0.193. The maximum absolute atomic E-state index is 12.7. The molecule has 23 heavy (non-hydrogen) atoms. The van der Waals surface area contributed by atoms with Crippen molar-refractivity contribution in [1.82, 2.24) is 14.5 Å². The Morgan fingerprint density at radius 1 is 1.35 bits per heavy atom. The number of nitrogens with one attached hydrogen (secondary N) is 1. The summed E-state index contributed by atoms with van der Waals surface area (Å²) in [5.74, 6) is -0.599. The molecule has 1 aromatic heterocycles. The molecule has 1 rings (SSSR count). The van der Waals surface area contributed by atoms with Crippen LogP contribution in [0, 0.1) is 19.8 Å². The van der Waals surface area contributed by atoms with Gasteiger partial charge in [-0.25, -0.2) is 13.1 Å². The highest BCUT2D eigenvalue weighted by molar-refractivity contribution is 7.89. The van der Waals surface area contributed by atoms with E-state index in [0.717, 1.165) is 0 Å². The van der Waals surface area contributed by atoms with Gasteiger partial charge in [-0.05, 0) is 40.0 Å². The van der Waals surface area contributed by atoms with Crippen LogP contribution in [0.5, 0.6) is 0 Å². The lowest BCUT2D eigenvalue weighted by atomic mass is 10.0. The zero-order valence-corrected chi connectivity index (χ0v) is 15.5. The summed E-state index contributed by atoms with van der Waals surface area (Å²) in [6.45, 7) is 11.5. The fourth-order valence-electron chi connectivity index (χ4n) is 2.48. The first-order valence-corrected chi connectivity index (χ1v) is 9.14. The van der Waals surface area contributed by atoms with E-state index in [1.807, 2.05) is 13.8 Å². The van der Waals surface area contributed by atoms with Gasteiger partial charge in [0, 0.05) is 18.5 Å². The Morgan fingerprint density at radius 2 is 1.91 bits per heavy atom. The molecule has 0 atom stereocenters. The average Bonchev–Trinajstić information content (AvgIpc) is 2.60. The van der Waals surface area contributed by atoms with Gasteiger partial charge in [0.05, 0.1) is 11.4 Å². The maximum atomic E-state index is 12.7. The summed E-state index contributed by atoms with van der Waals surface area (Å²) in [6.07, 6.45) is 0.111. The molecule has 0 saturated carbocycles. The van der Waals surface area contributed by atoms with Crippen LogP contribution in [-0.2, 0) is 21.4 Å². The van der Waals surface area contributed by atoms with Gasteiger partial charge in [-0.15, -0.1) is 0 Å². The van der Waals surface area contributed by atoms with Gasteiger partial charge >= 0.3 is 5.97 Å². The standard InChI is InChI=1S/C15H27N3O4S/c1-10(2)9-18-12(4)14(11(3)16-18)23(21,22)17-15(5,6)8-7-13(19)20/h10,17H,7-9H2,1-6H3,(H,19,20). The summed E-state index contributed by atoms with van der Waals surface area (Å²) in [5, 5.41) is 13.1. The molecule has 0 spiro atoms. The Bertz CT molecular complexity index is 675. The molecule has 0 aliphatic carbocycles. The molecule has 7 nitrogen and oxygen atoms in total. The van der Waals surface area contributed by atoms with Crippen LogP contribution in [0.15, 0.2) is 4.90 Å². The Balaban J connectivity index is 3.09. The lowest BCUT2D eigenvalue weighted by Gasteiger charge is -2.25. The van der Waals surface area contributed by atoms with E-state index in [-0.39, 0.29) is 17.7 Å². The van der Waals surface area contributed by atoms with Crippen molar-refractivity contribution in [3.05, 3.63) is 11.4 Å². The zero-order valence-electron chi connectivity index (χ0n) is 14.7. The first kappa shape index (κ1) is 19.6. The van der Waals surface area contributed by atoms with Crippen LogP contribution in [0.3, 0.4) is 0 Å². The van der Waals surface area contributed by atoms with Crippen molar-refractivity contribution in [3.8, 4) is 0 Å². The minimum Gasteiger partial charge on any atom is -0.481 e. The van der Waals surface area contributed by atoms with E-state index in [9.17, 15) is 13.2 Å². The fourth-order valence-corrected chi connectivity index (χ4v) is 4.33. The third-order valence-electron chi connectivity index (χ3n) is 3.50. The van der Waals surface area contributed by atoms with Gasteiger partial charge in [-0.1, -0.05) is 13.8 Å². The van der Waals surface area contributed by atoms with E-state index < -0.39 is 21.5 Å². The number of sulfonamides is 1. The first-order chi connectivity index (χ1) is 10.4. The largest absolute Gasteiger partial charge is 0.481 e. The molecule has 1 heterocycles. The second-order valence-corrected chi connectivity index (χ2v) is 8.58. The minimum absolute atomic E-state index is 0.0971. The number of carbonyl (C=O) groups is 1. The molecule has 1 aromatic rings. The van der Waals surface area contributed by atoms with E-state index in [1.165, 1.54) is 0 Å². The van der Waals surface area contributed by atoms with Crippen LogP contribution in [0.25, 0.3) is 0 Å². The summed E-state index contributed by atoms with van der Waals surface area (Å²) in [6, 6.07) is 0.